The Kier molecular flexibility index (Phi) is 5.32. The van der Waals surface area contributed by atoms with E-state index >= 15 is 0 Å². The molecule has 5 rings (SSSR count). The van der Waals surface area contributed by atoms with Crippen LogP contribution in [0, 0.1) is 0 Å². The Hall–Kier alpha value is -4.46. The van der Waals surface area contributed by atoms with Crippen LogP contribution in [0.1, 0.15) is 15.9 Å². The number of hydrogen-bond donors (Lipinski definition) is 1. The van der Waals surface area contributed by atoms with Crippen molar-refractivity contribution in [3.8, 4) is 23.1 Å². The lowest BCUT2D eigenvalue weighted by molar-refractivity contribution is 0.0954. The van der Waals surface area contributed by atoms with Crippen LogP contribution in [-0.2, 0) is 0 Å². The zero-order valence-electron chi connectivity index (χ0n) is 16.9. The number of hydrazone groups is 1. The van der Waals surface area contributed by atoms with Crippen molar-refractivity contribution in [2.75, 3.05) is 13.2 Å². The van der Waals surface area contributed by atoms with Crippen molar-refractivity contribution in [1.29, 1.82) is 0 Å². The van der Waals surface area contributed by atoms with Gasteiger partial charge >= 0.3 is 0 Å². The van der Waals surface area contributed by atoms with Crippen LogP contribution < -0.4 is 19.6 Å². The summed E-state index contributed by atoms with van der Waals surface area (Å²) in [6, 6.07) is 19.9. The predicted octanol–water partition coefficient (Wildman–Crippen LogP) is 3.96. The van der Waals surface area contributed by atoms with E-state index in [1.165, 1.54) is 6.33 Å². The van der Waals surface area contributed by atoms with Crippen molar-refractivity contribution < 1.29 is 19.0 Å². The number of carbonyl (C=O) groups is 1. The first kappa shape index (κ1) is 19.5. The van der Waals surface area contributed by atoms with Crippen LogP contribution in [0.25, 0.3) is 10.9 Å². The molecule has 2 heterocycles. The average molecular weight is 426 g/mol. The van der Waals surface area contributed by atoms with Gasteiger partial charge in [-0.15, -0.1) is 0 Å². The van der Waals surface area contributed by atoms with Gasteiger partial charge in [-0.05, 0) is 60.2 Å². The summed E-state index contributed by atoms with van der Waals surface area (Å²) in [5.74, 6) is 1.97. The molecule has 0 bridgehead atoms. The SMILES string of the molecule is O=C(N/N=C\c1ccc(Oc2ncnc3ccccc23)cc1)c1ccc2c(c1)OCCO2. The van der Waals surface area contributed by atoms with Gasteiger partial charge in [0.1, 0.15) is 25.3 Å². The summed E-state index contributed by atoms with van der Waals surface area (Å²) in [6.45, 7) is 0.964. The fraction of sp³-hybridized carbons (Fsp3) is 0.0833. The molecular weight excluding hydrogens is 408 g/mol. The second-order valence-corrected chi connectivity index (χ2v) is 6.92. The highest BCUT2D eigenvalue weighted by Crippen LogP contribution is 2.30. The number of rotatable bonds is 5. The normalized spacial score (nSPS) is 12.6. The molecular formula is C24H18N4O4. The van der Waals surface area contributed by atoms with Gasteiger partial charge in [-0.1, -0.05) is 12.1 Å². The van der Waals surface area contributed by atoms with E-state index in [0.29, 0.717) is 41.9 Å². The van der Waals surface area contributed by atoms with Gasteiger partial charge in [0, 0.05) is 5.56 Å². The van der Waals surface area contributed by atoms with Crippen LogP contribution in [0.4, 0.5) is 0 Å². The lowest BCUT2D eigenvalue weighted by atomic mass is 10.2. The van der Waals surface area contributed by atoms with Crippen molar-refractivity contribution in [3.63, 3.8) is 0 Å². The monoisotopic (exact) mass is 426 g/mol. The van der Waals surface area contributed by atoms with Crippen LogP contribution in [-0.4, -0.2) is 35.3 Å². The molecule has 0 spiro atoms. The van der Waals surface area contributed by atoms with Crippen molar-refractivity contribution in [2.45, 2.75) is 0 Å². The van der Waals surface area contributed by atoms with E-state index in [0.717, 1.165) is 16.5 Å². The first-order valence-corrected chi connectivity index (χ1v) is 9.97. The molecule has 0 atom stereocenters. The van der Waals surface area contributed by atoms with Crippen molar-refractivity contribution in [1.82, 2.24) is 15.4 Å². The molecule has 0 aliphatic carbocycles. The Bertz CT molecular complexity index is 1300. The number of hydrogen-bond acceptors (Lipinski definition) is 7. The van der Waals surface area contributed by atoms with E-state index in [2.05, 4.69) is 20.5 Å². The smallest absolute Gasteiger partial charge is 0.271 e. The second-order valence-electron chi connectivity index (χ2n) is 6.92. The molecule has 1 N–H and O–H groups in total. The molecule has 8 nitrogen and oxygen atoms in total. The summed E-state index contributed by atoms with van der Waals surface area (Å²) in [7, 11) is 0. The van der Waals surface area contributed by atoms with Crippen LogP contribution in [0.2, 0.25) is 0 Å². The third-order valence-corrected chi connectivity index (χ3v) is 4.78. The lowest BCUT2D eigenvalue weighted by Gasteiger charge is -2.18. The van der Waals surface area contributed by atoms with E-state index in [1.807, 2.05) is 36.4 Å². The first-order chi connectivity index (χ1) is 15.8. The molecule has 3 aromatic carbocycles. The molecule has 0 fully saturated rings. The van der Waals surface area contributed by atoms with E-state index in [-0.39, 0.29) is 5.91 Å². The van der Waals surface area contributed by atoms with E-state index in [1.54, 1.807) is 36.5 Å². The molecule has 1 aromatic heterocycles. The van der Waals surface area contributed by atoms with E-state index in [9.17, 15) is 4.79 Å². The van der Waals surface area contributed by atoms with Gasteiger partial charge in [-0.3, -0.25) is 4.79 Å². The number of aromatic nitrogens is 2. The van der Waals surface area contributed by atoms with Gasteiger partial charge < -0.3 is 14.2 Å². The molecule has 4 aromatic rings. The maximum Gasteiger partial charge on any atom is 0.271 e. The maximum absolute atomic E-state index is 12.3. The third kappa shape index (κ3) is 4.20. The average Bonchev–Trinajstić information content (AvgIpc) is 2.85. The number of nitrogens with one attached hydrogen (secondary N) is 1. The van der Waals surface area contributed by atoms with Crippen molar-refractivity contribution in [3.05, 3.63) is 84.2 Å². The summed E-state index contributed by atoms with van der Waals surface area (Å²) >= 11 is 0. The van der Waals surface area contributed by atoms with Crippen LogP contribution in [0.15, 0.2) is 78.2 Å². The minimum absolute atomic E-state index is 0.339. The van der Waals surface area contributed by atoms with Gasteiger partial charge in [0.25, 0.3) is 5.91 Å². The highest BCUT2D eigenvalue weighted by atomic mass is 16.6. The summed E-state index contributed by atoms with van der Waals surface area (Å²) in [5.41, 5.74) is 4.57. The molecule has 0 unspecified atom stereocenters. The molecule has 0 saturated carbocycles. The summed E-state index contributed by atoms with van der Waals surface area (Å²) in [4.78, 5) is 20.8. The molecule has 1 aliphatic rings. The van der Waals surface area contributed by atoms with Crippen LogP contribution in [0.3, 0.4) is 0 Å². The Balaban J connectivity index is 1.22. The molecule has 1 amide bonds. The number of fused-ring (bicyclic) bond motifs is 2. The topological polar surface area (TPSA) is 94.9 Å². The summed E-state index contributed by atoms with van der Waals surface area (Å²) < 4.78 is 16.9. The highest BCUT2D eigenvalue weighted by Gasteiger charge is 2.14. The maximum atomic E-state index is 12.3. The minimum Gasteiger partial charge on any atom is -0.486 e. The number of nitrogens with zero attached hydrogens (tertiary/aromatic N) is 3. The van der Waals surface area contributed by atoms with Crippen molar-refractivity contribution in [2.24, 2.45) is 5.10 Å². The largest absolute Gasteiger partial charge is 0.486 e. The predicted molar refractivity (Wildman–Crippen MR) is 119 cm³/mol. The Morgan fingerprint density at radius 1 is 0.969 bits per heavy atom. The first-order valence-electron chi connectivity index (χ1n) is 9.97. The fourth-order valence-corrected chi connectivity index (χ4v) is 3.21. The molecule has 0 radical (unpaired) electrons. The van der Waals surface area contributed by atoms with Gasteiger partial charge in [0.15, 0.2) is 11.5 Å². The number of ether oxygens (including phenoxy) is 3. The standard InChI is InChI=1S/C24H18N4O4/c29-23(17-7-10-21-22(13-17)31-12-11-30-21)28-27-14-16-5-8-18(9-6-16)32-24-19-3-1-2-4-20(19)25-15-26-24/h1-10,13-15H,11-12H2,(H,28,29)/b27-14-. The minimum atomic E-state index is -0.339. The zero-order chi connectivity index (χ0) is 21.8. The zero-order valence-corrected chi connectivity index (χ0v) is 16.9. The summed E-state index contributed by atoms with van der Waals surface area (Å²) in [5, 5.41) is 4.86. The molecule has 158 valence electrons. The lowest BCUT2D eigenvalue weighted by Crippen LogP contribution is -2.19. The van der Waals surface area contributed by atoms with Gasteiger partial charge in [0.05, 0.1) is 17.1 Å². The number of carbonyl (C=O) groups excluding carboxylic acids is 1. The van der Waals surface area contributed by atoms with Crippen molar-refractivity contribution >= 4 is 23.0 Å². The van der Waals surface area contributed by atoms with Crippen LogP contribution in [0.5, 0.6) is 23.1 Å². The second kappa shape index (κ2) is 8.73. The van der Waals surface area contributed by atoms with Gasteiger partial charge in [-0.2, -0.15) is 5.10 Å². The Morgan fingerprint density at radius 2 is 1.78 bits per heavy atom. The van der Waals surface area contributed by atoms with E-state index in [4.69, 9.17) is 14.2 Å². The fourth-order valence-electron chi connectivity index (χ4n) is 3.21. The number of benzene rings is 3. The number of amides is 1. The van der Waals surface area contributed by atoms with Gasteiger partial charge in [0.2, 0.25) is 5.88 Å². The molecule has 1 aliphatic heterocycles. The third-order valence-electron chi connectivity index (χ3n) is 4.78. The van der Waals surface area contributed by atoms with Gasteiger partial charge in [-0.25, -0.2) is 15.4 Å². The number of para-hydroxylation sites is 1. The summed E-state index contributed by atoms with van der Waals surface area (Å²) in [6.07, 6.45) is 3.03. The Morgan fingerprint density at radius 3 is 2.66 bits per heavy atom. The highest BCUT2D eigenvalue weighted by molar-refractivity contribution is 5.95. The molecule has 32 heavy (non-hydrogen) atoms. The quantitative estimate of drug-likeness (QED) is 0.383. The Labute approximate surface area is 183 Å². The molecule has 0 saturated heterocycles. The van der Waals surface area contributed by atoms with E-state index < -0.39 is 0 Å². The van der Waals surface area contributed by atoms with Crippen LogP contribution >= 0.6 is 0 Å². The molecule has 8 heteroatoms.